The van der Waals surface area contributed by atoms with Gasteiger partial charge in [0.25, 0.3) is 0 Å². The predicted molar refractivity (Wildman–Crippen MR) is 71.1 cm³/mol. The van der Waals surface area contributed by atoms with Gasteiger partial charge in [-0.3, -0.25) is 0 Å². The summed E-state index contributed by atoms with van der Waals surface area (Å²) in [7, 11) is 0. The Hall–Kier alpha value is -0.560. The maximum Gasteiger partial charge on any atom is 0.0253 e. The van der Waals surface area contributed by atoms with E-state index in [0.717, 1.165) is 0 Å². The van der Waals surface area contributed by atoms with Crippen LogP contribution >= 0.6 is 15.9 Å². The molecule has 0 aliphatic carbocycles. The molecule has 1 radical (unpaired) electrons. The molecule has 0 N–H and O–H groups in total. The van der Waals surface area contributed by atoms with Crippen LogP contribution in [-0.2, 0) is 5.41 Å². The van der Waals surface area contributed by atoms with Gasteiger partial charge in [0.15, 0.2) is 0 Å². The van der Waals surface area contributed by atoms with Crippen LogP contribution in [0.5, 0.6) is 0 Å². The molecule has 0 atom stereocenters. The standard InChI is InChI=1S/C14H18Br/c1-6-10(2)11-8-7-9-12(13(11)15)14(3,4)5/h6-9H,1H2,2-5H3. The van der Waals surface area contributed by atoms with Gasteiger partial charge < -0.3 is 0 Å². The second-order valence-electron chi connectivity index (χ2n) is 4.80. The van der Waals surface area contributed by atoms with Gasteiger partial charge in [-0.15, -0.1) is 6.58 Å². The maximum atomic E-state index is 3.81. The van der Waals surface area contributed by atoms with Gasteiger partial charge in [-0.1, -0.05) is 67.9 Å². The zero-order valence-corrected chi connectivity index (χ0v) is 11.5. The highest BCUT2D eigenvalue weighted by Gasteiger charge is 2.19. The zero-order chi connectivity index (χ0) is 11.6. The topological polar surface area (TPSA) is 0 Å². The third kappa shape index (κ3) is 2.72. The molecule has 0 saturated carbocycles. The first kappa shape index (κ1) is 12.5. The first-order chi connectivity index (χ1) is 6.88. The fourth-order valence-electron chi connectivity index (χ4n) is 1.53. The van der Waals surface area contributed by atoms with E-state index in [0.29, 0.717) is 0 Å². The van der Waals surface area contributed by atoms with Crippen molar-refractivity contribution in [1.82, 2.24) is 0 Å². The smallest absolute Gasteiger partial charge is 0.0253 e. The molecule has 0 fully saturated rings. The van der Waals surface area contributed by atoms with Crippen LogP contribution in [0.15, 0.2) is 35.3 Å². The molecule has 1 heteroatoms. The molecule has 1 aromatic rings. The Balaban J connectivity index is 3.29. The van der Waals surface area contributed by atoms with Crippen molar-refractivity contribution >= 4 is 15.9 Å². The third-order valence-electron chi connectivity index (χ3n) is 2.54. The van der Waals surface area contributed by atoms with E-state index in [1.165, 1.54) is 21.5 Å². The number of hydrogen-bond donors (Lipinski definition) is 0. The molecule has 0 aliphatic rings. The van der Waals surface area contributed by atoms with Crippen molar-refractivity contribution in [2.75, 3.05) is 0 Å². The molecule has 0 spiro atoms. The number of allylic oxidation sites excluding steroid dienone is 1. The summed E-state index contributed by atoms with van der Waals surface area (Å²) in [4.78, 5) is 0. The molecule has 0 nitrogen and oxygen atoms in total. The Kier molecular flexibility index (Phi) is 3.77. The molecular formula is C14H18Br. The quantitative estimate of drug-likeness (QED) is 0.716. The van der Waals surface area contributed by atoms with Gasteiger partial charge in [0.2, 0.25) is 0 Å². The predicted octanol–water partition coefficient (Wildman–Crippen LogP) is 4.88. The van der Waals surface area contributed by atoms with Gasteiger partial charge in [-0.05, 0) is 16.5 Å². The number of halogens is 1. The molecule has 81 valence electrons. The van der Waals surface area contributed by atoms with Gasteiger partial charge in [0.05, 0.1) is 0 Å². The summed E-state index contributed by atoms with van der Waals surface area (Å²) in [6.45, 7) is 12.6. The lowest BCUT2D eigenvalue weighted by molar-refractivity contribution is 0.586. The van der Waals surface area contributed by atoms with E-state index in [1.54, 1.807) is 0 Å². The molecule has 0 aromatic heterocycles. The molecule has 0 heterocycles. The maximum absolute atomic E-state index is 3.81. The minimum absolute atomic E-state index is 0.163. The summed E-state index contributed by atoms with van der Waals surface area (Å²) >= 11 is 3.69. The van der Waals surface area contributed by atoms with Gasteiger partial charge in [-0.2, -0.15) is 0 Å². The molecular weight excluding hydrogens is 248 g/mol. The number of hydrogen-bond acceptors (Lipinski definition) is 0. The van der Waals surface area contributed by atoms with Crippen molar-refractivity contribution < 1.29 is 0 Å². The van der Waals surface area contributed by atoms with Crippen molar-refractivity contribution in [3.8, 4) is 0 Å². The zero-order valence-electron chi connectivity index (χ0n) is 9.89. The lowest BCUT2D eigenvalue weighted by Crippen LogP contribution is -2.13. The van der Waals surface area contributed by atoms with Crippen molar-refractivity contribution in [3.05, 3.63) is 52.4 Å². The van der Waals surface area contributed by atoms with E-state index in [1.807, 2.05) is 6.08 Å². The Bertz CT molecular complexity index is 358. The van der Waals surface area contributed by atoms with Gasteiger partial charge in [0, 0.05) is 10.4 Å². The van der Waals surface area contributed by atoms with E-state index >= 15 is 0 Å². The van der Waals surface area contributed by atoms with Crippen LogP contribution in [-0.4, -0.2) is 0 Å². The number of rotatable bonds is 2. The third-order valence-corrected chi connectivity index (χ3v) is 3.39. The summed E-state index contributed by atoms with van der Waals surface area (Å²) < 4.78 is 1.19. The molecule has 1 rings (SSSR count). The Morgan fingerprint density at radius 2 is 1.93 bits per heavy atom. The summed E-state index contributed by atoms with van der Waals surface area (Å²) in [5.74, 6) is 1.20. The van der Waals surface area contributed by atoms with Gasteiger partial charge in [-0.25, -0.2) is 0 Å². The highest BCUT2D eigenvalue weighted by atomic mass is 79.9. The molecule has 0 aliphatic heterocycles. The Morgan fingerprint density at radius 1 is 1.33 bits per heavy atom. The first-order valence-corrected chi connectivity index (χ1v) is 5.92. The van der Waals surface area contributed by atoms with E-state index in [-0.39, 0.29) is 5.41 Å². The minimum Gasteiger partial charge on any atom is -0.102 e. The van der Waals surface area contributed by atoms with Crippen molar-refractivity contribution in [2.45, 2.75) is 33.1 Å². The molecule has 0 bridgehead atoms. The minimum atomic E-state index is 0.163. The van der Waals surface area contributed by atoms with Crippen LogP contribution in [0.2, 0.25) is 0 Å². The van der Waals surface area contributed by atoms with E-state index in [9.17, 15) is 0 Å². The molecule has 0 amide bonds. The van der Waals surface area contributed by atoms with Crippen LogP contribution in [0.1, 0.15) is 38.8 Å². The van der Waals surface area contributed by atoms with Gasteiger partial charge >= 0.3 is 0 Å². The summed E-state index contributed by atoms with van der Waals surface area (Å²) in [5.41, 5.74) is 2.73. The normalized spacial score (nSPS) is 11.9. The van der Waals surface area contributed by atoms with Crippen molar-refractivity contribution in [1.29, 1.82) is 0 Å². The first-order valence-electron chi connectivity index (χ1n) is 5.13. The summed E-state index contributed by atoms with van der Waals surface area (Å²) in [6, 6.07) is 6.40. The Labute approximate surface area is 102 Å². The molecule has 15 heavy (non-hydrogen) atoms. The van der Waals surface area contributed by atoms with Crippen LogP contribution in [0, 0.1) is 5.92 Å². The average molecular weight is 266 g/mol. The Morgan fingerprint density at radius 3 is 2.40 bits per heavy atom. The average Bonchev–Trinajstić information content (AvgIpc) is 2.15. The highest BCUT2D eigenvalue weighted by Crippen LogP contribution is 2.34. The largest absolute Gasteiger partial charge is 0.102 e. The van der Waals surface area contributed by atoms with Crippen LogP contribution < -0.4 is 0 Å². The van der Waals surface area contributed by atoms with Crippen LogP contribution in [0.4, 0.5) is 0 Å². The summed E-state index contributed by atoms with van der Waals surface area (Å²) in [5, 5.41) is 0. The fraction of sp³-hybridized carbons (Fsp3) is 0.357. The molecule has 0 unspecified atom stereocenters. The second-order valence-corrected chi connectivity index (χ2v) is 5.60. The van der Waals surface area contributed by atoms with E-state index in [2.05, 4.69) is 68.4 Å². The molecule has 0 saturated heterocycles. The number of benzene rings is 1. The SMILES string of the molecule is C=C[C](C)c1cccc(C(C)(C)C)c1Br. The van der Waals surface area contributed by atoms with Crippen LogP contribution in [0.25, 0.3) is 0 Å². The fourth-order valence-corrected chi connectivity index (χ4v) is 2.70. The second kappa shape index (κ2) is 4.52. The lowest BCUT2D eigenvalue weighted by Gasteiger charge is -2.23. The summed E-state index contributed by atoms with van der Waals surface area (Å²) in [6.07, 6.45) is 1.90. The van der Waals surface area contributed by atoms with Gasteiger partial charge in [0.1, 0.15) is 0 Å². The van der Waals surface area contributed by atoms with Crippen molar-refractivity contribution in [2.24, 2.45) is 0 Å². The van der Waals surface area contributed by atoms with Crippen molar-refractivity contribution in [3.63, 3.8) is 0 Å². The van der Waals surface area contributed by atoms with E-state index < -0.39 is 0 Å². The van der Waals surface area contributed by atoms with Crippen LogP contribution in [0.3, 0.4) is 0 Å². The monoisotopic (exact) mass is 265 g/mol. The lowest BCUT2D eigenvalue weighted by atomic mass is 9.85. The van der Waals surface area contributed by atoms with E-state index in [4.69, 9.17) is 0 Å². The highest BCUT2D eigenvalue weighted by molar-refractivity contribution is 9.10. The molecule has 1 aromatic carbocycles.